The van der Waals surface area contributed by atoms with Crippen LogP contribution >= 0.6 is 0 Å². The van der Waals surface area contributed by atoms with Gasteiger partial charge in [-0.15, -0.1) is 0 Å². The summed E-state index contributed by atoms with van der Waals surface area (Å²) in [5, 5.41) is 9.38. The Bertz CT molecular complexity index is 598. The molecule has 1 aliphatic heterocycles. The number of carbonyl (C=O) groups is 1. The molecule has 0 saturated heterocycles. The van der Waals surface area contributed by atoms with Crippen LogP contribution in [0.25, 0.3) is 0 Å². The van der Waals surface area contributed by atoms with Crippen molar-refractivity contribution in [2.75, 3.05) is 4.90 Å². The van der Waals surface area contributed by atoms with E-state index in [-0.39, 0.29) is 0 Å². The molecule has 1 aliphatic rings. The smallest absolute Gasteiger partial charge is 0.326 e. The predicted molar refractivity (Wildman–Crippen MR) is 72.0 cm³/mol. The Hall–Kier alpha value is -2.36. The van der Waals surface area contributed by atoms with E-state index in [2.05, 4.69) is 4.98 Å². The largest absolute Gasteiger partial charge is 0.480 e. The van der Waals surface area contributed by atoms with Gasteiger partial charge in [-0.05, 0) is 23.3 Å². The van der Waals surface area contributed by atoms with E-state index in [1.165, 1.54) is 0 Å². The molecule has 0 aliphatic carbocycles. The minimum atomic E-state index is -0.778. The molecule has 1 atom stereocenters. The highest BCUT2D eigenvalue weighted by Gasteiger charge is 2.33. The van der Waals surface area contributed by atoms with Crippen LogP contribution in [0.1, 0.15) is 11.1 Å². The molecule has 0 spiro atoms. The molecule has 4 heteroatoms. The third kappa shape index (κ3) is 2.17. The van der Waals surface area contributed by atoms with Gasteiger partial charge in [-0.3, -0.25) is 4.98 Å². The summed E-state index contributed by atoms with van der Waals surface area (Å²) >= 11 is 0. The van der Waals surface area contributed by atoms with Gasteiger partial charge in [0.25, 0.3) is 0 Å². The molecule has 96 valence electrons. The van der Waals surface area contributed by atoms with Crippen molar-refractivity contribution in [3.8, 4) is 0 Å². The minimum Gasteiger partial charge on any atom is -0.480 e. The highest BCUT2D eigenvalue weighted by Crippen LogP contribution is 2.33. The topological polar surface area (TPSA) is 53.4 Å². The Morgan fingerprint density at radius 2 is 2.16 bits per heavy atom. The first-order valence-electron chi connectivity index (χ1n) is 6.22. The van der Waals surface area contributed by atoms with Crippen LogP contribution in [0.5, 0.6) is 0 Å². The summed E-state index contributed by atoms with van der Waals surface area (Å²) in [4.78, 5) is 17.4. The van der Waals surface area contributed by atoms with Gasteiger partial charge >= 0.3 is 5.97 Å². The van der Waals surface area contributed by atoms with Gasteiger partial charge in [0.1, 0.15) is 6.04 Å². The Balaban J connectivity index is 1.94. The number of benzene rings is 1. The molecule has 0 bridgehead atoms. The number of pyridine rings is 1. The van der Waals surface area contributed by atoms with Gasteiger partial charge in [-0.25, -0.2) is 4.79 Å². The average Bonchev–Trinajstić information content (AvgIpc) is 2.79. The molecule has 0 amide bonds. The highest BCUT2D eigenvalue weighted by atomic mass is 16.4. The standard InChI is InChI=1S/C15H14N2O2/c18-15(19)14-8-12-5-1-2-6-13(12)17(14)10-11-4-3-7-16-9-11/h1-7,9,14H,8,10H2,(H,18,19). The number of hydrogen-bond donors (Lipinski definition) is 1. The lowest BCUT2D eigenvalue weighted by atomic mass is 10.1. The van der Waals surface area contributed by atoms with Crippen LogP contribution in [0, 0.1) is 0 Å². The molecule has 19 heavy (non-hydrogen) atoms. The number of aliphatic carboxylic acids is 1. The first kappa shape index (κ1) is 11.7. The number of carboxylic acid groups (broad SMARTS) is 1. The number of carboxylic acids is 1. The fourth-order valence-electron chi connectivity index (χ4n) is 2.55. The van der Waals surface area contributed by atoms with Gasteiger partial charge in [0.15, 0.2) is 0 Å². The number of fused-ring (bicyclic) bond motifs is 1. The summed E-state index contributed by atoms with van der Waals surface area (Å²) in [7, 11) is 0. The SMILES string of the molecule is O=C(O)C1Cc2ccccc2N1Cc1cccnc1. The molecular formula is C15H14N2O2. The monoisotopic (exact) mass is 254 g/mol. The van der Waals surface area contributed by atoms with E-state index in [4.69, 9.17) is 0 Å². The Morgan fingerprint density at radius 3 is 2.89 bits per heavy atom. The fourth-order valence-corrected chi connectivity index (χ4v) is 2.55. The van der Waals surface area contributed by atoms with Gasteiger partial charge in [0.2, 0.25) is 0 Å². The zero-order valence-electron chi connectivity index (χ0n) is 10.4. The van der Waals surface area contributed by atoms with Gasteiger partial charge < -0.3 is 10.0 Å². The first-order chi connectivity index (χ1) is 9.25. The molecule has 3 rings (SSSR count). The van der Waals surface area contributed by atoms with Crippen molar-refractivity contribution < 1.29 is 9.90 Å². The van der Waals surface area contributed by atoms with Crippen molar-refractivity contribution >= 4 is 11.7 Å². The molecule has 2 heterocycles. The summed E-state index contributed by atoms with van der Waals surface area (Å²) in [6, 6.07) is 11.2. The van der Waals surface area contributed by atoms with Gasteiger partial charge in [-0.1, -0.05) is 24.3 Å². The summed E-state index contributed by atoms with van der Waals surface area (Å²) in [5.74, 6) is -0.778. The number of rotatable bonds is 3. The lowest BCUT2D eigenvalue weighted by Crippen LogP contribution is -2.38. The van der Waals surface area contributed by atoms with Gasteiger partial charge in [0, 0.05) is 31.0 Å². The fraction of sp³-hybridized carbons (Fsp3) is 0.200. The molecule has 0 saturated carbocycles. The van der Waals surface area contributed by atoms with Crippen LogP contribution < -0.4 is 4.90 Å². The Labute approximate surface area is 111 Å². The van der Waals surface area contributed by atoms with E-state index in [0.717, 1.165) is 16.8 Å². The third-order valence-electron chi connectivity index (χ3n) is 3.45. The average molecular weight is 254 g/mol. The molecule has 1 aromatic heterocycles. The molecule has 0 radical (unpaired) electrons. The van der Waals surface area contributed by atoms with Crippen molar-refractivity contribution in [3.63, 3.8) is 0 Å². The summed E-state index contributed by atoms with van der Waals surface area (Å²) < 4.78 is 0. The molecule has 1 aromatic carbocycles. The van der Waals surface area contributed by atoms with E-state index >= 15 is 0 Å². The van der Waals surface area contributed by atoms with Crippen molar-refractivity contribution in [1.82, 2.24) is 4.98 Å². The van der Waals surface area contributed by atoms with Crippen LogP contribution in [0.3, 0.4) is 0 Å². The maximum Gasteiger partial charge on any atom is 0.326 e. The van der Waals surface area contributed by atoms with Gasteiger partial charge in [-0.2, -0.15) is 0 Å². The quantitative estimate of drug-likeness (QED) is 0.911. The third-order valence-corrected chi connectivity index (χ3v) is 3.45. The molecule has 1 unspecified atom stereocenters. The van der Waals surface area contributed by atoms with Crippen LogP contribution in [0.15, 0.2) is 48.8 Å². The summed E-state index contributed by atoms with van der Waals surface area (Å²) in [5.41, 5.74) is 3.13. The zero-order valence-corrected chi connectivity index (χ0v) is 10.4. The molecule has 4 nitrogen and oxygen atoms in total. The number of anilines is 1. The number of nitrogens with zero attached hydrogens (tertiary/aromatic N) is 2. The lowest BCUT2D eigenvalue weighted by molar-refractivity contribution is -0.138. The summed E-state index contributed by atoms with van der Waals surface area (Å²) in [6.45, 7) is 0.571. The van der Waals surface area contributed by atoms with Crippen molar-refractivity contribution in [2.45, 2.75) is 19.0 Å². The van der Waals surface area contributed by atoms with Crippen molar-refractivity contribution in [2.24, 2.45) is 0 Å². The zero-order chi connectivity index (χ0) is 13.2. The maximum atomic E-state index is 11.4. The molecular weight excluding hydrogens is 240 g/mol. The number of hydrogen-bond acceptors (Lipinski definition) is 3. The second kappa shape index (κ2) is 4.72. The van der Waals surface area contributed by atoms with Crippen molar-refractivity contribution in [3.05, 3.63) is 59.9 Å². The predicted octanol–water partition coefficient (Wildman–Crippen LogP) is 2.10. The minimum absolute atomic E-state index is 0.488. The second-order valence-electron chi connectivity index (χ2n) is 4.68. The number of para-hydroxylation sites is 1. The molecule has 2 aromatic rings. The van der Waals surface area contributed by atoms with E-state index in [1.54, 1.807) is 12.4 Å². The van der Waals surface area contributed by atoms with E-state index in [1.807, 2.05) is 41.3 Å². The Morgan fingerprint density at radius 1 is 1.32 bits per heavy atom. The maximum absolute atomic E-state index is 11.4. The van der Waals surface area contributed by atoms with Gasteiger partial charge in [0.05, 0.1) is 0 Å². The summed E-state index contributed by atoms with van der Waals surface area (Å²) in [6.07, 6.45) is 4.06. The normalized spacial score (nSPS) is 17.3. The Kier molecular flexibility index (Phi) is 2.91. The number of aromatic nitrogens is 1. The van der Waals surface area contributed by atoms with Crippen LogP contribution in [0.2, 0.25) is 0 Å². The van der Waals surface area contributed by atoms with E-state index < -0.39 is 12.0 Å². The molecule has 0 fully saturated rings. The molecule has 1 N–H and O–H groups in total. The second-order valence-corrected chi connectivity index (χ2v) is 4.68. The van der Waals surface area contributed by atoms with Crippen LogP contribution in [-0.2, 0) is 17.8 Å². The van der Waals surface area contributed by atoms with E-state index in [0.29, 0.717) is 13.0 Å². The van der Waals surface area contributed by atoms with Crippen LogP contribution in [0.4, 0.5) is 5.69 Å². The van der Waals surface area contributed by atoms with E-state index in [9.17, 15) is 9.90 Å². The lowest BCUT2D eigenvalue weighted by Gasteiger charge is -2.24. The highest BCUT2D eigenvalue weighted by molar-refractivity contribution is 5.82. The van der Waals surface area contributed by atoms with Crippen LogP contribution in [-0.4, -0.2) is 22.1 Å². The first-order valence-corrected chi connectivity index (χ1v) is 6.22. The van der Waals surface area contributed by atoms with Crippen molar-refractivity contribution in [1.29, 1.82) is 0 Å².